The average molecular weight is 509 g/mol. The molecule has 1 atom stereocenters. The summed E-state index contributed by atoms with van der Waals surface area (Å²) in [5.74, 6) is -5.04. The Morgan fingerprint density at radius 3 is 2.34 bits per heavy atom. The molecule has 2 aromatic heterocycles. The van der Waals surface area contributed by atoms with Crippen molar-refractivity contribution >= 4 is 17.4 Å². The van der Waals surface area contributed by atoms with Gasteiger partial charge in [0.1, 0.15) is 11.6 Å². The van der Waals surface area contributed by atoms with Crippen LogP contribution < -0.4 is 15.8 Å². The second-order valence-corrected chi connectivity index (χ2v) is 7.20. The van der Waals surface area contributed by atoms with Gasteiger partial charge in [0.2, 0.25) is 0 Å². The molecule has 3 aromatic rings. The van der Waals surface area contributed by atoms with Crippen molar-refractivity contribution in [1.82, 2.24) is 15.2 Å². The fraction of sp³-hybridized carbons (Fsp3) is 0.250. The largest absolute Gasteiger partial charge is 0.480 e. The Morgan fingerprint density at radius 1 is 1.11 bits per heavy atom. The van der Waals surface area contributed by atoms with Gasteiger partial charge >= 0.3 is 12.4 Å². The molecule has 2 heterocycles. The van der Waals surface area contributed by atoms with Gasteiger partial charge in [0.15, 0.2) is 23.4 Å². The number of pyridine rings is 1. The van der Waals surface area contributed by atoms with E-state index in [1.165, 1.54) is 0 Å². The van der Waals surface area contributed by atoms with Gasteiger partial charge in [-0.2, -0.15) is 31.4 Å². The van der Waals surface area contributed by atoms with E-state index in [1.807, 2.05) is 5.32 Å². The summed E-state index contributed by atoms with van der Waals surface area (Å²) in [4.78, 5) is 16.4. The van der Waals surface area contributed by atoms with Crippen molar-refractivity contribution in [3.8, 4) is 17.0 Å². The van der Waals surface area contributed by atoms with Gasteiger partial charge in [-0.25, -0.2) is 13.8 Å². The van der Waals surface area contributed by atoms with Gasteiger partial charge in [-0.15, -0.1) is 0 Å². The number of nitrogen functional groups attached to an aromatic ring is 1. The minimum Gasteiger partial charge on any atom is -0.480 e. The number of rotatable bonds is 5. The number of nitrogens with two attached hydrogens (primary N) is 1. The van der Waals surface area contributed by atoms with Crippen LogP contribution in [0, 0.1) is 18.6 Å². The zero-order chi connectivity index (χ0) is 26.3. The van der Waals surface area contributed by atoms with Crippen molar-refractivity contribution in [2.75, 3.05) is 11.1 Å². The molecule has 15 heteroatoms. The maximum absolute atomic E-state index is 14.9. The van der Waals surface area contributed by atoms with Gasteiger partial charge < -0.3 is 15.8 Å². The Kier molecular flexibility index (Phi) is 6.64. The van der Waals surface area contributed by atoms with Crippen LogP contribution in [0.15, 0.2) is 24.3 Å². The third-order valence-corrected chi connectivity index (χ3v) is 4.70. The molecule has 0 radical (unpaired) electrons. The fourth-order valence-electron chi connectivity index (χ4n) is 2.86. The number of amides is 1. The molecular weight excluding hydrogens is 494 g/mol. The minimum atomic E-state index is -4.96. The number of anilines is 2. The van der Waals surface area contributed by atoms with Crippen LogP contribution in [0.5, 0.6) is 5.75 Å². The molecule has 0 bridgehead atoms. The molecular formula is C20H15F8N5O2. The SMILES string of the molecule is Cc1n[nH]c(C(F)(F)F)c1NC(=O)c1cc(F)c(-c2ccc(F)c(N)n2)cc1O[C@@H](C)C(F)(F)F. The monoisotopic (exact) mass is 509 g/mol. The van der Waals surface area contributed by atoms with E-state index in [0.29, 0.717) is 19.1 Å². The summed E-state index contributed by atoms with van der Waals surface area (Å²) >= 11 is 0. The predicted molar refractivity (Wildman–Crippen MR) is 106 cm³/mol. The maximum atomic E-state index is 14.9. The van der Waals surface area contributed by atoms with Crippen molar-refractivity contribution in [3.05, 3.63) is 52.9 Å². The van der Waals surface area contributed by atoms with Crippen molar-refractivity contribution < 1.29 is 44.7 Å². The Balaban J connectivity index is 2.11. The van der Waals surface area contributed by atoms with Gasteiger partial charge in [0.25, 0.3) is 5.91 Å². The Hall–Kier alpha value is -3.91. The van der Waals surface area contributed by atoms with Gasteiger partial charge in [-0.3, -0.25) is 9.89 Å². The number of aromatic nitrogens is 3. The van der Waals surface area contributed by atoms with E-state index < -0.39 is 70.1 Å². The van der Waals surface area contributed by atoms with Crippen molar-refractivity contribution in [3.63, 3.8) is 0 Å². The van der Waals surface area contributed by atoms with Crippen LogP contribution in [-0.2, 0) is 6.18 Å². The van der Waals surface area contributed by atoms with E-state index in [9.17, 15) is 39.9 Å². The highest BCUT2D eigenvalue weighted by Gasteiger charge is 2.40. The van der Waals surface area contributed by atoms with E-state index in [-0.39, 0.29) is 11.4 Å². The predicted octanol–water partition coefficient (Wildman–Crippen LogP) is 5.24. The molecule has 0 saturated heterocycles. The number of aryl methyl sites for hydroxylation is 1. The lowest BCUT2D eigenvalue weighted by Crippen LogP contribution is -2.32. The van der Waals surface area contributed by atoms with Gasteiger partial charge in [0, 0.05) is 5.56 Å². The molecule has 0 aliphatic heterocycles. The second-order valence-electron chi connectivity index (χ2n) is 7.20. The topological polar surface area (TPSA) is 106 Å². The summed E-state index contributed by atoms with van der Waals surface area (Å²) in [6.07, 6.45) is -12.4. The smallest absolute Gasteiger partial charge is 0.434 e. The molecule has 4 N–H and O–H groups in total. The molecule has 0 spiro atoms. The number of ether oxygens (including phenoxy) is 1. The third-order valence-electron chi connectivity index (χ3n) is 4.70. The Morgan fingerprint density at radius 2 is 1.77 bits per heavy atom. The first-order valence-corrected chi connectivity index (χ1v) is 9.52. The van der Waals surface area contributed by atoms with E-state index in [4.69, 9.17) is 10.5 Å². The van der Waals surface area contributed by atoms with Crippen molar-refractivity contribution in [2.45, 2.75) is 32.3 Å². The zero-order valence-electron chi connectivity index (χ0n) is 17.7. The summed E-state index contributed by atoms with van der Waals surface area (Å²) in [5, 5.41) is 6.92. The molecule has 7 nitrogen and oxygen atoms in total. The molecule has 0 aliphatic rings. The van der Waals surface area contributed by atoms with Crippen LogP contribution in [0.25, 0.3) is 11.3 Å². The number of H-pyrrole nitrogens is 1. The number of halogens is 8. The number of nitrogens with zero attached hydrogens (tertiary/aromatic N) is 2. The molecule has 0 aliphatic carbocycles. The first-order valence-electron chi connectivity index (χ1n) is 9.52. The molecule has 35 heavy (non-hydrogen) atoms. The summed E-state index contributed by atoms with van der Waals surface area (Å²) in [5.41, 5.74) is 1.15. The molecule has 0 unspecified atom stereocenters. The first kappa shape index (κ1) is 25.7. The number of carbonyl (C=O) groups excluding carboxylic acids is 1. The van der Waals surface area contributed by atoms with Gasteiger partial charge in [-0.05, 0) is 38.1 Å². The number of aromatic amines is 1. The third kappa shape index (κ3) is 5.44. The lowest BCUT2D eigenvalue weighted by molar-refractivity contribution is -0.189. The molecule has 0 fully saturated rings. The molecule has 0 saturated carbocycles. The quantitative estimate of drug-likeness (QED) is 0.408. The first-order chi connectivity index (χ1) is 16.1. The minimum absolute atomic E-state index is 0.292. The second kappa shape index (κ2) is 9.03. The Labute approximate surface area is 191 Å². The normalized spacial score (nSPS) is 13.0. The van der Waals surface area contributed by atoms with Crippen LogP contribution >= 0.6 is 0 Å². The number of hydrogen-bond donors (Lipinski definition) is 3. The number of alkyl halides is 6. The molecule has 3 rings (SSSR count). The van der Waals surface area contributed by atoms with Gasteiger partial charge in [-0.1, -0.05) is 0 Å². The molecule has 1 aromatic carbocycles. The number of nitrogens with one attached hydrogen (secondary N) is 2. The van der Waals surface area contributed by atoms with Crippen LogP contribution in [0.4, 0.5) is 46.6 Å². The zero-order valence-corrected chi connectivity index (χ0v) is 17.7. The summed E-state index contributed by atoms with van der Waals surface area (Å²) in [6, 6.07) is 2.94. The number of hydrogen-bond acceptors (Lipinski definition) is 5. The molecule has 1 amide bonds. The summed E-state index contributed by atoms with van der Waals surface area (Å²) in [7, 11) is 0. The lowest BCUT2D eigenvalue weighted by atomic mass is 10.0. The van der Waals surface area contributed by atoms with E-state index in [1.54, 1.807) is 5.10 Å². The maximum Gasteiger partial charge on any atom is 0.434 e. The van der Waals surface area contributed by atoms with E-state index in [2.05, 4.69) is 10.1 Å². The van der Waals surface area contributed by atoms with E-state index >= 15 is 0 Å². The van der Waals surface area contributed by atoms with Crippen molar-refractivity contribution in [1.29, 1.82) is 0 Å². The van der Waals surface area contributed by atoms with Crippen LogP contribution in [-0.4, -0.2) is 33.4 Å². The van der Waals surface area contributed by atoms with Crippen LogP contribution in [0.1, 0.15) is 28.7 Å². The summed E-state index contributed by atoms with van der Waals surface area (Å²) < 4.78 is 112. The highest BCUT2D eigenvalue weighted by molar-refractivity contribution is 6.07. The summed E-state index contributed by atoms with van der Waals surface area (Å²) in [6.45, 7) is 1.72. The average Bonchev–Trinajstić information content (AvgIpc) is 3.11. The number of benzene rings is 1. The van der Waals surface area contributed by atoms with E-state index in [0.717, 1.165) is 19.1 Å². The highest BCUT2D eigenvalue weighted by Crippen LogP contribution is 2.37. The van der Waals surface area contributed by atoms with Crippen LogP contribution in [0.2, 0.25) is 0 Å². The lowest BCUT2D eigenvalue weighted by Gasteiger charge is -2.21. The highest BCUT2D eigenvalue weighted by atomic mass is 19.4. The fourth-order valence-corrected chi connectivity index (χ4v) is 2.86. The Bertz CT molecular complexity index is 1270. The standard InChI is InChI=1S/C20H15F8N5O2/c1-7-15(16(33-32-7)20(26,27)28)31-18(34)10-5-12(22)9(13-4-3-11(21)17(29)30-13)6-14(10)35-8(2)19(23,24)25/h3-6,8H,1-2H3,(H2,29,30)(H,31,34)(H,32,33)/t8-/m0/s1. The number of carbonyl (C=O) groups is 1. The van der Waals surface area contributed by atoms with Crippen LogP contribution in [0.3, 0.4) is 0 Å². The van der Waals surface area contributed by atoms with Crippen molar-refractivity contribution in [2.24, 2.45) is 0 Å². The molecule has 188 valence electrons. The van der Waals surface area contributed by atoms with Gasteiger partial charge in [0.05, 0.1) is 22.6 Å².